The van der Waals surface area contributed by atoms with E-state index in [2.05, 4.69) is 40.2 Å². The molecule has 1 fully saturated rings. The van der Waals surface area contributed by atoms with Gasteiger partial charge in [0.1, 0.15) is 5.82 Å². The fraction of sp³-hybridized carbons (Fsp3) is 0.400. The van der Waals surface area contributed by atoms with Crippen molar-refractivity contribution in [3.63, 3.8) is 0 Å². The van der Waals surface area contributed by atoms with E-state index in [1.165, 1.54) is 42.3 Å². The van der Waals surface area contributed by atoms with Gasteiger partial charge >= 0.3 is 0 Å². The number of benzene rings is 1. The number of aromatic nitrogens is 1. The molecule has 0 atom stereocenters. The summed E-state index contributed by atoms with van der Waals surface area (Å²) in [7, 11) is 0. The van der Waals surface area contributed by atoms with Crippen LogP contribution in [0.25, 0.3) is 10.8 Å². The van der Waals surface area contributed by atoms with Gasteiger partial charge in [0.15, 0.2) is 0 Å². The average Bonchev–Trinajstić information content (AvgIpc) is 2.67. The molecule has 88 valence electrons. The molecule has 0 bridgehead atoms. The molecule has 1 aliphatic rings. The molecule has 0 aliphatic carbocycles. The maximum atomic E-state index is 4.60. The van der Waals surface area contributed by atoms with Gasteiger partial charge in [0.25, 0.3) is 0 Å². The Morgan fingerprint density at radius 2 is 1.65 bits per heavy atom. The van der Waals surface area contributed by atoms with Gasteiger partial charge < -0.3 is 4.90 Å². The average molecular weight is 226 g/mol. The molecular weight excluding hydrogens is 208 g/mol. The minimum Gasteiger partial charge on any atom is -0.356 e. The van der Waals surface area contributed by atoms with E-state index < -0.39 is 0 Å². The van der Waals surface area contributed by atoms with Gasteiger partial charge in [0.05, 0.1) is 0 Å². The highest BCUT2D eigenvalue weighted by Crippen LogP contribution is 2.25. The molecule has 3 rings (SSSR count). The molecule has 2 heterocycles. The van der Waals surface area contributed by atoms with Crippen LogP contribution in [0.2, 0.25) is 0 Å². The molecule has 0 radical (unpaired) electrons. The molecule has 17 heavy (non-hydrogen) atoms. The van der Waals surface area contributed by atoms with E-state index in [9.17, 15) is 0 Å². The number of anilines is 1. The third-order valence-corrected chi connectivity index (χ3v) is 3.56. The van der Waals surface area contributed by atoms with Crippen LogP contribution < -0.4 is 4.90 Å². The highest BCUT2D eigenvalue weighted by molar-refractivity contribution is 5.92. The summed E-state index contributed by atoms with van der Waals surface area (Å²) in [6.07, 6.45) is 7.25. The molecule has 0 saturated carbocycles. The highest BCUT2D eigenvalue weighted by Gasteiger charge is 2.13. The molecule has 0 spiro atoms. The first kappa shape index (κ1) is 10.6. The summed E-state index contributed by atoms with van der Waals surface area (Å²) in [5.41, 5.74) is 0. The van der Waals surface area contributed by atoms with E-state index in [-0.39, 0.29) is 0 Å². The number of nitrogens with zero attached hydrogens (tertiary/aromatic N) is 2. The summed E-state index contributed by atoms with van der Waals surface area (Å²) in [5, 5.41) is 2.58. The monoisotopic (exact) mass is 226 g/mol. The van der Waals surface area contributed by atoms with Crippen molar-refractivity contribution in [2.75, 3.05) is 18.0 Å². The zero-order valence-electron chi connectivity index (χ0n) is 10.1. The summed E-state index contributed by atoms with van der Waals surface area (Å²) < 4.78 is 0. The quantitative estimate of drug-likeness (QED) is 0.738. The van der Waals surface area contributed by atoms with Gasteiger partial charge in [-0.25, -0.2) is 4.98 Å². The lowest BCUT2D eigenvalue weighted by atomic mass is 10.1. The molecule has 1 aromatic carbocycles. The van der Waals surface area contributed by atoms with Crippen LogP contribution >= 0.6 is 0 Å². The van der Waals surface area contributed by atoms with Crippen molar-refractivity contribution in [2.45, 2.75) is 25.7 Å². The van der Waals surface area contributed by atoms with E-state index in [0.29, 0.717) is 0 Å². The van der Waals surface area contributed by atoms with E-state index in [4.69, 9.17) is 0 Å². The molecule has 2 nitrogen and oxygen atoms in total. The highest BCUT2D eigenvalue weighted by atomic mass is 15.2. The van der Waals surface area contributed by atoms with Crippen LogP contribution in [0.3, 0.4) is 0 Å². The Morgan fingerprint density at radius 3 is 2.47 bits per heavy atom. The van der Waals surface area contributed by atoms with E-state index in [1.807, 2.05) is 6.20 Å². The number of rotatable bonds is 1. The predicted molar refractivity (Wildman–Crippen MR) is 72.4 cm³/mol. The van der Waals surface area contributed by atoms with Crippen molar-refractivity contribution < 1.29 is 0 Å². The second-order valence-corrected chi connectivity index (χ2v) is 4.76. The zero-order chi connectivity index (χ0) is 11.5. The van der Waals surface area contributed by atoms with Gasteiger partial charge in [-0.1, -0.05) is 37.1 Å². The Morgan fingerprint density at radius 1 is 0.882 bits per heavy atom. The summed E-state index contributed by atoms with van der Waals surface area (Å²) in [6, 6.07) is 10.6. The molecule has 0 unspecified atom stereocenters. The van der Waals surface area contributed by atoms with E-state index in [1.54, 1.807) is 0 Å². The van der Waals surface area contributed by atoms with Crippen LogP contribution in [0.4, 0.5) is 5.82 Å². The number of hydrogen-bond acceptors (Lipinski definition) is 2. The zero-order valence-corrected chi connectivity index (χ0v) is 10.1. The first-order valence-electron chi connectivity index (χ1n) is 6.54. The van der Waals surface area contributed by atoms with Crippen molar-refractivity contribution in [3.8, 4) is 0 Å². The Bertz CT molecular complexity index is 494. The molecule has 1 aliphatic heterocycles. The molecule has 2 aromatic rings. The van der Waals surface area contributed by atoms with Gasteiger partial charge in [-0.05, 0) is 24.3 Å². The largest absolute Gasteiger partial charge is 0.356 e. The molecule has 1 saturated heterocycles. The predicted octanol–water partition coefficient (Wildman–Crippen LogP) is 3.62. The van der Waals surface area contributed by atoms with Crippen LogP contribution in [0, 0.1) is 0 Å². The number of pyridine rings is 1. The minimum absolute atomic E-state index is 1.15. The van der Waals surface area contributed by atoms with E-state index in [0.717, 1.165) is 13.1 Å². The molecular formula is C15H18N2. The van der Waals surface area contributed by atoms with Crippen LogP contribution in [0.5, 0.6) is 0 Å². The fourth-order valence-electron chi connectivity index (χ4n) is 2.64. The maximum absolute atomic E-state index is 4.60. The first-order chi connectivity index (χ1) is 8.45. The van der Waals surface area contributed by atoms with Crippen LogP contribution in [-0.2, 0) is 0 Å². The number of fused-ring (bicyclic) bond motifs is 1. The summed E-state index contributed by atoms with van der Waals surface area (Å²) in [6.45, 7) is 2.31. The smallest absolute Gasteiger partial charge is 0.136 e. The molecule has 1 aromatic heterocycles. The van der Waals surface area contributed by atoms with E-state index >= 15 is 0 Å². The van der Waals surface area contributed by atoms with Gasteiger partial charge in [-0.2, -0.15) is 0 Å². The van der Waals surface area contributed by atoms with Gasteiger partial charge in [-0.3, -0.25) is 0 Å². The maximum Gasteiger partial charge on any atom is 0.136 e. The lowest BCUT2D eigenvalue weighted by molar-refractivity contribution is 0.726. The topological polar surface area (TPSA) is 16.1 Å². The van der Waals surface area contributed by atoms with Crippen LogP contribution in [0.15, 0.2) is 36.5 Å². The second-order valence-electron chi connectivity index (χ2n) is 4.76. The fourth-order valence-corrected chi connectivity index (χ4v) is 2.64. The first-order valence-corrected chi connectivity index (χ1v) is 6.54. The second kappa shape index (κ2) is 4.74. The lowest BCUT2D eigenvalue weighted by Gasteiger charge is -2.22. The normalized spacial score (nSPS) is 17.1. The van der Waals surface area contributed by atoms with Crippen molar-refractivity contribution >= 4 is 16.6 Å². The Balaban J connectivity index is 2.03. The van der Waals surface area contributed by atoms with Crippen LogP contribution in [-0.4, -0.2) is 18.1 Å². The van der Waals surface area contributed by atoms with Crippen molar-refractivity contribution in [3.05, 3.63) is 36.5 Å². The van der Waals surface area contributed by atoms with Crippen molar-refractivity contribution in [1.29, 1.82) is 0 Å². The Kier molecular flexibility index (Phi) is 2.95. The number of hydrogen-bond donors (Lipinski definition) is 0. The summed E-state index contributed by atoms with van der Waals surface area (Å²) in [5.74, 6) is 1.17. The summed E-state index contributed by atoms with van der Waals surface area (Å²) >= 11 is 0. The molecule has 2 heteroatoms. The molecule has 0 amide bonds. The SMILES string of the molecule is c1ccc2c(N3CCCCCC3)nccc2c1. The third kappa shape index (κ3) is 2.12. The Labute approximate surface area is 102 Å². The minimum atomic E-state index is 1.15. The van der Waals surface area contributed by atoms with Crippen molar-refractivity contribution in [2.24, 2.45) is 0 Å². The molecule has 0 N–H and O–H groups in total. The van der Waals surface area contributed by atoms with Gasteiger partial charge in [-0.15, -0.1) is 0 Å². The summed E-state index contributed by atoms with van der Waals surface area (Å²) in [4.78, 5) is 7.05. The van der Waals surface area contributed by atoms with Gasteiger partial charge in [0, 0.05) is 24.7 Å². The van der Waals surface area contributed by atoms with Gasteiger partial charge in [0.2, 0.25) is 0 Å². The standard InChI is InChI=1S/C15H18N2/c1-2-6-12-17(11-5-1)15-14-8-4-3-7-13(14)9-10-16-15/h3-4,7-10H,1-2,5-6,11-12H2. The van der Waals surface area contributed by atoms with Crippen LogP contribution in [0.1, 0.15) is 25.7 Å². The third-order valence-electron chi connectivity index (χ3n) is 3.56. The Hall–Kier alpha value is -1.57. The van der Waals surface area contributed by atoms with Crippen molar-refractivity contribution in [1.82, 2.24) is 4.98 Å². The lowest BCUT2D eigenvalue weighted by Crippen LogP contribution is -2.25.